The highest BCUT2D eigenvalue weighted by molar-refractivity contribution is 7.99. The summed E-state index contributed by atoms with van der Waals surface area (Å²) >= 11 is 1.25. The molecule has 0 fully saturated rings. The van der Waals surface area contributed by atoms with Gasteiger partial charge in [0.1, 0.15) is 6.61 Å². The van der Waals surface area contributed by atoms with Crippen molar-refractivity contribution in [2.45, 2.75) is 25.6 Å². The van der Waals surface area contributed by atoms with Gasteiger partial charge in [0.15, 0.2) is 5.16 Å². The van der Waals surface area contributed by atoms with Crippen LogP contribution in [0.5, 0.6) is 0 Å². The Morgan fingerprint density at radius 3 is 2.68 bits per heavy atom. The van der Waals surface area contributed by atoms with Gasteiger partial charge in [0, 0.05) is 11.4 Å². The van der Waals surface area contributed by atoms with Crippen molar-refractivity contribution in [1.29, 1.82) is 5.26 Å². The number of carbonyl (C=O) groups excluding carboxylic acids is 1. The van der Waals surface area contributed by atoms with Crippen molar-refractivity contribution < 1.29 is 9.53 Å². The van der Waals surface area contributed by atoms with E-state index in [1.807, 2.05) is 26.0 Å². The number of nitriles is 1. The maximum absolute atomic E-state index is 11.8. The normalized spacial score (nSPS) is 10.0. The van der Waals surface area contributed by atoms with Crippen LogP contribution in [0.25, 0.3) is 0 Å². The molecule has 1 aromatic carbocycles. The van der Waals surface area contributed by atoms with Crippen LogP contribution in [0.4, 0.5) is 0 Å². The molecule has 0 aliphatic heterocycles. The Morgan fingerprint density at radius 1 is 1.27 bits per heavy atom. The van der Waals surface area contributed by atoms with E-state index in [2.05, 4.69) is 16.0 Å². The zero-order valence-electron chi connectivity index (χ0n) is 12.4. The number of aromatic nitrogens is 2. The molecule has 22 heavy (non-hydrogen) atoms. The molecule has 0 bridgehead atoms. The van der Waals surface area contributed by atoms with E-state index >= 15 is 0 Å². The van der Waals surface area contributed by atoms with Gasteiger partial charge >= 0.3 is 5.97 Å². The molecule has 0 atom stereocenters. The molecule has 0 spiro atoms. The molecular formula is C16H15N3O2S. The van der Waals surface area contributed by atoms with E-state index in [0.717, 1.165) is 17.0 Å². The first kappa shape index (κ1) is 16.0. The molecule has 6 heteroatoms. The number of aryl methyl sites for hydroxylation is 2. The van der Waals surface area contributed by atoms with E-state index < -0.39 is 0 Å². The van der Waals surface area contributed by atoms with Crippen LogP contribution >= 0.6 is 11.8 Å². The van der Waals surface area contributed by atoms with Crippen LogP contribution in [0.2, 0.25) is 0 Å². The van der Waals surface area contributed by atoms with Gasteiger partial charge in [0.05, 0.1) is 17.4 Å². The molecule has 1 aromatic heterocycles. The summed E-state index contributed by atoms with van der Waals surface area (Å²) in [5, 5.41) is 9.39. The number of esters is 1. The first-order valence-corrected chi connectivity index (χ1v) is 7.65. The highest BCUT2D eigenvalue weighted by Gasteiger charge is 2.08. The van der Waals surface area contributed by atoms with Crippen LogP contribution in [0.15, 0.2) is 35.5 Å². The lowest BCUT2D eigenvalue weighted by Gasteiger charge is -2.05. The minimum atomic E-state index is -0.338. The molecule has 0 aliphatic rings. The summed E-state index contributed by atoms with van der Waals surface area (Å²) in [5.41, 5.74) is 3.08. The zero-order chi connectivity index (χ0) is 15.9. The predicted molar refractivity (Wildman–Crippen MR) is 83.2 cm³/mol. The average molecular weight is 313 g/mol. The summed E-state index contributed by atoms with van der Waals surface area (Å²) in [5.74, 6) is -0.184. The summed E-state index contributed by atoms with van der Waals surface area (Å²) in [6.07, 6.45) is 0. The van der Waals surface area contributed by atoms with Crippen LogP contribution in [-0.2, 0) is 16.1 Å². The lowest BCUT2D eigenvalue weighted by Crippen LogP contribution is -2.08. The lowest BCUT2D eigenvalue weighted by molar-refractivity contribution is -0.141. The highest BCUT2D eigenvalue weighted by Crippen LogP contribution is 2.14. The minimum Gasteiger partial charge on any atom is -0.460 e. The van der Waals surface area contributed by atoms with Crippen molar-refractivity contribution >= 4 is 17.7 Å². The van der Waals surface area contributed by atoms with Crippen LogP contribution in [0.1, 0.15) is 22.5 Å². The van der Waals surface area contributed by atoms with Gasteiger partial charge in [-0.3, -0.25) is 4.79 Å². The second-order valence-corrected chi connectivity index (χ2v) is 5.64. The number of thioether (sulfide) groups is 1. The summed E-state index contributed by atoms with van der Waals surface area (Å²) in [7, 11) is 0. The molecule has 0 N–H and O–H groups in total. The van der Waals surface area contributed by atoms with Crippen molar-refractivity contribution in [2.75, 3.05) is 5.75 Å². The fraction of sp³-hybridized carbons (Fsp3) is 0.250. The minimum absolute atomic E-state index is 0.154. The SMILES string of the molecule is Cc1cc(C)nc(SCC(=O)OCc2cccc(C#N)c2)n1. The molecule has 0 amide bonds. The van der Waals surface area contributed by atoms with Crippen molar-refractivity contribution in [2.24, 2.45) is 0 Å². The third kappa shape index (κ3) is 4.86. The topological polar surface area (TPSA) is 75.9 Å². The number of hydrogen-bond acceptors (Lipinski definition) is 6. The molecule has 0 unspecified atom stereocenters. The van der Waals surface area contributed by atoms with Gasteiger partial charge in [-0.1, -0.05) is 23.9 Å². The molecule has 112 valence electrons. The molecule has 1 heterocycles. The molecule has 5 nitrogen and oxygen atoms in total. The maximum atomic E-state index is 11.8. The van der Waals surface area contributed by atoms with Gasteiger partial charge < -0.3 is 4.74 Å². The highest BCUT2D eigenvalue weighted by atomic mass is 32.2. The van der Waals surface area contributed by atoms with Gasteiger partial charge in [-0.2, -0.15) is 5.26 Å². The Balaban J connectivity index is 1.84. The van der Waals surface area contributed by atoms with Crippen LogP contribution < -0.4 is 0 Å². The number of nitrogens with zero attached hydrogens (tertiary/aromatic N) is 3. The standard InChI is InChI=1S/C16H15N3O2S/c1-11-6-12(2)19-16(18-11)22-10-15(20)21-9-14-5-3-4-13(7-14)8-17/h3-7H,9-10H2,1-2H3. The Labute approximate surface area is 133 Å². The first-order chi connectivity index (χ1) is 10.6. The quantitative estimate of drug-likeness (QED) is 0.480. The molecule has 0 radical (unpaired) electrons. The number of ether oxygens (including phenoxy) is 1. The van der Waals surface area contributed by atoms with Gasteiger partial charge in [-0.25, -0.2) is 9.97 Å². The molecule has 2 aromatic rings. The van der Waals surface area contributed by atoms with Crippen molar-refractivity contribution in [3.8, 4) is 6.07 Å². The summed E-state index contributed by atoms with van der Waals surface area (Å²) in [6, 6.07) is 10.9. The van der Waals surface area contributed by atoms with E-state index in [-0.39, 0.29) is 18.3 Å². The Bertz CT molecular complexity index is 705. The number of rotatable bonds is 5. The number of carbonyl (C=O) groups is 1. The van der Waals surface area contributed by atoms with Gasteiger partial charge in [-0.15, -0.1) is 0 Å². The van der Waals surface area contributed by atoms with Crippen LogP contribution in [0.3, 0.4) is 0 Å². The molecular weight excluding hydrogens is 298 g/mol. The summed E-state index contributed by atoms with van der Waals surface area (Å²) in [6.45, 7) is 3.93. The monoisotopic (exact) mass is 313 g/mol. The Hall–Kier alpha value is -2.39. The molecule has 0 aliphatic carbocycles. The summed E-state index contributed by atoms with van der Waals surface area (Å²) < 4.78 is 5.19. The summed E-state index contributed by atoms with van der Waals surface area (Å²) in [4.78, 5) is 20.3. The van der Waals surface area contributed by atoms with E-state index in [0.29, 0.717) is 10.7 Å². The van der Waals surface area contributed by atoms with Gasteiger partial charge in [0.25, 0.3) is 0 Å². The van der Waals surface area contributed by atoms with E-state index in [9.17, 15) is 4.79 Å². The lowest BCUT2D eigenvalue weighted by atomic mass is 10.1. The van der Waals surface area contributed by atoms with Crippen molar-refractivity contribution in [1.82, 2.24) is 9.97 Å². The van der Waals surface area contributed by atoms with E-state index in [1.54, 1.807) is 18.2 Å². The maximum Gasteiger partial charge on any atom is 0.316 e. The fourth-order valence-electron chi connectivity index (χ4n) is 1.82. The number of benzene rings is 1. The van der Waals surface area contributed by atoms with Gasteiger partial charge in [-0.05, 0) is 37.6 Å². The largest absolute Gasteiger partial charge is 0.460 e. The van der Waals surface area contributed by atoms with Crippen LogP contribution in [0, 0.1) is 25.2 Å². The smallest absolute Gasteiger partial charge is 0.316 e. The van der Waals surface area contributed by atoms with E-state index in [1.165, 1.54) is 11.8 Å². The Morgan fingerprint density at radius 2 is 2.00 bits per heavy atom. The number of hydrogen-bond donors (Lipinski definition) is 0. The Kier molecular flexibility index (Phi) is 5.50. The predicted octanol–water partition coefficient (Wildman–Crippen LogP) is 2.80. The zero-order valence-corrected chi connectivity index (χ0v) is 13.2. The van der Waals surface area contributed by atoms with Crippen LogP contribution in [-0.4, -0.2) is 21.7 Å². The average Bonchev–Trinajstić information content (AvgIpc) is 2.50. The second kappa shape index (κ2) is 7.57. The fourth-order valence-corrected chi connectivity index (χ4v) is 2.57. The van der Waals surface area contributed by atoms with E-state index in [4.69, 9.17) is 10.00 Å². The molecule has 0 saturated carbocycles. The second-order valence-electron chi connectivity index (χ2n) is 4.69. The third-order valence-corrected chi connectivity index (χ3v) is 3.56. The van der Waals surface area contributed by atoms with Crippen molar-refractivity contribution in [3.05, 3.63) is 52.8 Å². The third-order valence-electron chi connectivity index (χ3n) is 2.74. The first-order valence-electron chi connectivity index (χ1n) is 6.66. The van der Waals surface area contributed by atoms with Crippen molar-refractivity contribution in [3.63, 3.8) is 0 Å². The van der Waals surface area contributed by atoms with Gasteiger partial charge in [0.2, 0.25) is 0 Å². The molecule has 2 rings (SSSR count). The molecule has 0 saturated heterocycles.